The highest BCUT2D eigenvalue weighted by atomic mass is 35.5. The van der Waals surface area contributed by atoms with E-state index in [9.17, 15) is 9.50 Å². The van der Waals surface area contributed by atoms with Gasteiger partial charge in [-0.3, -0.25) is 0 Å². The van der Waals surface area contributed by atoms with Crippen LogP contribution in [0.4, 0.5) is 4.39 Å². The van der Waals surface area contributed by atoms with Crippen molar-refractivity contribution in [2.24, 2.45) is 5.73 Å². The lowest BCUT2D eigenvalue weighted by molar-refractivity contribution is 0.153. The van der Waals surface area contributed by atoms with Crippen molar-refractivity contribution in [2.45, 2.75) is 26.0 Å². The van der Waals surface area contributed by atoms with Crippen LogP contribution < -0.4 is 5.73 Å². The normalized spacial score (nSPS) is 15.3. The van der Waals surface area contributed by atoms with Gasteiger partial charge in [-0.2, -0.15) is 0 Å². The van der Waals surface area contributed by atoms with Crippen LogP contribution in [0.25, 0.3) is 0 Å². The molecule has 2 nitrogen and oxygen atoms in total. The van der Waals surface area contributed by atoms with Crippen LogP contribution in [0.3, 0.4) is 0 Å². The van der Waals surface area contributed by atoms with Crippen LogP contribution in [0.5, 0.6) is 0 Å². The van der Waals surface area contributed by atoms with Gasteiger partial charge in [0.1, 0.15) is 5.82 Å². The van der Waals surface area contributed by atoms with Crippen molar-refractivity contribution in [3.05, 3.63) is 34.1 Å². The summed E-state index contributed by atoms with van der Waals surface area (Å²) >= 11 is 5.92. The van der Waals surface area contributed by atoms with Crippen molar-refractivity contribution in [3.63, 3.8) is 0 Å². The lowest BCUT2D eigenvalue weighted by atomic mass is 10.0. The third kappa shape index (κ3) is 2.23. The molecule has 4 heteroatoms. The minimum atomic E-state index is -0.933. The Balaban J connectivity index is 3.20. The van der Waals surface area contributed by atoms with E-state index < -0.39 is 18.0 Å². The van der Waals surface area contributed by atoms with E-state index >= 15 is 0 Å². The molecule has 0 aliphatic rings. The zero-order valence-electron chi connectivity index (χ0n) is 8.09. The number of aryl methyl sites for hydroxylation is 1. The monoisotopic (exact) mass is 217 g/mol. The van der Waals surface area contributed by atoms with E-state index in [1.54, 1.807) is 13.8 Å². The molecule has 78 valence electrons. The molecule has 0 saturated heterocycles. The van der Waals surface area contributed by atoms with Gasteiger partial charge in [-0.05, 0) is 31.5 Å². The summed E-state index contributed by atoms with van der Waals surface area (Å²) in [4.78, 5) is 0. The maximum Gasteiger partial charge on any atom is 0.123 e. The van der Waals surface area contributed by atoms with Crippen molar-refractivity contribution >= 4 is 11.6 Å². The molecule has 3 N–H and O–H groups in total. The summed E-state index contributed by atoms with van der Waals surface area (Å²) in [5, 5.41) is 10.0. The minimum absolute atomic E-state index is 0.346. The molecule has 0 aliphatic carbocycles. The van der Waals surface area contributed by atoms with Crippen molar-refractivity contribution in [1.29, 1.82) is 0 Å². The maximum absolute atomic E-state index is 13.0. The molecule has 0 spiro atoms. The highest BCUT2D eigenvalue weighted by Gasteiger charge is 2.17. The zero-order valence-corrected chi connectivity index (χ0v) is 8.85. The summed E-state index contributed by atoms with van der Waals surface area (Å²) < 4.78 is 13.0. The quantitative estimate of drug-likeness (QED) is 0.798. The summed E-state index contributed by atoms with van der Waals surface area (Å²) in [6.07, 6.45) is -0.933. The van der Waals surface area contributed by atoms with Crippen molar-refractivity contribution in [2.75, 3.05) is 0 Å². The topological polar surface area (TPSA) is 46.2 Å². The Kier molecular flexibility index (Phi) is 3.48. The number of hydrogen-bond acceptors (Lipinski definition) is 2. The van der Waals surface area contributed by atoms with Crippen molar-refractivity contribution in [1.82, 2.24) is 0 Å². The Morgan fingerprint density at radius 3 is 2.57 bits per heavy atom. The largest absolute Gasteiger partial charge is 0.387 e. The van der Waals surface area contributed by atoms with Crippen LogP contribution in [0, 0.1) is 12.7 Å². The lowest BCUT2D eigenvalue weighted by Gasteiger charge is -2.17. The minimum Gasteiger partial charge on any atom is -0.387 e. The summed E-state index contributed by atoms with van der Waals surface area (Å²) in [5.74, 6) is -0.415. The molecule has 0 unspecified atom stereocenters. The molecule has 0 aromatic heterocycles. The smallest absolute Gasteiger partial charge is 0.123 e. The van der Waals surface area contributed by atoms with Crippen LogP contribution in [-0.2, 0) is 0 Å². The molecule has 0 radical (unpaired) electrons. The Labute approximate surface area is 87.5 Å². The molecule has 14 heavy (non-hydrogen) atoms. The lowest BCUT2D eigenvalue weighted by Crippen LogP contribution is -2.24. The number of rotatable bonds is 2. The average molecular weight is 218 g/mol. The van der Waals surface area contributed by atoms with E-state index in [1.807, 2.05) is 0 Å². The molecule has 0 fully saturated rings. The van der Waals surface area contributed by atoms with Crippen LogP contribution in [0.2, 0.25) is 5.02 Å². The predicted molar refractivity (Wildman–Crippen MR) is 54.8 cm³/mol. The summed E-state index contributed by atoms with van der Waals surface area (Å²) in [6, 6.07) is 2.05. The summed E-state index contributed by atoms with van der Waals surface area (Å²) in [7, 11) is 0. The fraction of sp³-hybridized carbons (Fsp3) is 0.400. The number of nitrogens with two attached hydrogens (primary N) is 1. The predicted octanol–water partition coefficient (Wildman–Crippen LogP) is 2.17. The molecule has 0 amide bonds. The zero-order chi connectivity index (χ0) is 10.9. The van der Waals surface area contributed by atoms with E-state index in [1.165, 1.54) is 12.1 Å². The van der Waals surface area contributed by atoms with Crippen LogP contribution in [-0.4, -0.2) is 11.1 Å². The fourth-order valence-electron chi connectivity index (χ4n) is 1.25. The molecule has 0 saturated carbocycles. The summed E-state index contributed by atoms with van der Waals surface area (Å²) in [6.45, 7) is 3.32. The number of aliphatic hydroxyl groups excluding tert-OH is 1. The second-order valence-electron chi connectivity index (χ2n) is 3.43. The van der Waals surface area contributed by atoms with Gasteiger partial charge in [0, 0.05) is 16.6 Å². The second-order valence-corrected chi connectivity index (χ2v) is 3.81. The number of benzene rings is 1. The number of hydrogen-bond donors (Lipinski definition) is 2. The first kappa shape index (κ1) is 11.4. The molecular formula is C10H13ClFNO. The molecule has 2 atom stereocenters. The first-order valence-electron chi connectivity index (χ1n) is 4.32. The molecule has 1 rings (SSSR count). The molecular weight excluding hydrogens is 205 g/mol. The van der Waals surface area contributed by atoms with Gasteiger partial charge in [0.05, 0.1) is 6.10 Å². The third-order valence-electron chi connectivity index (χ3n) is 2.06. The molecule has 1 aromatic carbocycles. The maximum atomic E-state index is 13.0. The number of aliphatic hydroxyl groups is 1. The third-order valence-corrected chi connectivity index (χ3v) is 2.58. The van der Waals surface area contributed by atoms with Gasteiger partial charge in [-0.15, -0.1) is 0 Å². The van der Waals surface area contributed by atoms with Crippen LogP contribution in [0.1, 0.15) is 24.2 Å². The van der Waals surface area contributed by atoms with Crippen LogP contribution in [0.15, 0.2) is 12.1 Å². The van der Waals surface area contributed by atoms with E-state index in [0.29, 0.717) is 16.1 Å². The first-order chi connectivity index (χ1) is 6.43. The Hall–Kier alpha value is -0.640. The van der Waals surface area contributed by atoms with Gasteiger partial charge >= 0.3 is 0 Å². The van der Waals surface area contributed by atoms with Crippen molar-refractivity contribution < 1.29 is 9.50 Å². The van der Waals surface area contributed by atoms with E-state index in [2.05, 4.69) is 0 Å². The highest BCUT2D eigenvalue weighted by molar-refractivity contribution is 6.32. The highest BCUT2D eigenvalue weighted by Crippen LogP contribution is 2.28. The second kappa shape index (κ2) is 4.26. The first-order valence-corrected chi connectivity index (χ1v) is 4.70. The fourth-order valence-corrected chi connectivity index (χ4v) is 1.47. The molecule has 0 aliphatic heterocycles. The van der Waals surface area contributed by atoms with Gasteiger partial charge in [0.15, 0.2) is 0 Å². The van der Waals surface area contributed by atoms with Crippen LogP contribution >= 0.6 is 11.6 Å². The Morgan fingerprint density at radius 2 is 2.07 bits per heavy atom. The SMILES string of the molecule is Cc1cc(F)cc([C@H](O)[C@@H](C)N)c1Cl. The van der Waals surface area contributed by atoms with E-state index in [-0.39, 0.29) is 0 Å². The standard InChI is InChI=1S/C10H13ClFNO/c1-5-3-7(12)4-8(9(5)11)10(14)6(2)13/h3-4,6,10,14H,13H2,1-2H3/t6-,10-/m1/s1. The summed E-state index contributed by atoms with van der Waals surface area (Å²) in [5.41, 5.74) is 6.45. The van der Waals surface area contributed by atoms with E-state index in [4.69, 9.17) is 17.3 Å². The molecule has 0 bridgehead atoms. The number of halogens is 2. The molecule has 0 heterocycles. The Bertz CT molecular complexity index is 341. The van der Waals surface area contributed by atoms with Gasteiger partial charge in [-0.25, -0.2) is 4.39 Å². The van der Waals surface area contributed by atoms with Gasteiger partial charge in [-0.1, -0.05) is 11.6 Å². The van der Waals surface area contributed by atoms with Gasteiger partial charge in [0.2, 0.25) is 0 Å². The van der Waals surface area contributed by atoms with E-state index in [0.717, 1.165) is 0 Å². The molecule has 1 aromatic rings. The average Bonchev–Trinajstić information content (AvgIpc) is 2.09. The van der Waals surface area contributed by atoms with Gasteiger partial charge in [0.25, 0.3) is 0 Å². The Morgan fingerprint density at radius 1 is 1.50 bits per heavy atom. The van der Waals surface area contributed by atoms with Crippen molar-refractivity contribution in [3.8, 4) is 0 Å². The van der Waals surface area contributed by atoms with Gasteiger partial charge < -0.3 is 10.8 Å².